The van der Waals surface area contributed by atoms with Gasteiger partial charge in [-0.15, -0.1) is 0 Å². The van der Waals surface area contributed by atoms with Crippen LogP contribution in [-0.4, -0.2) is 22.3 Å². The van der Waals surface area contributed by atoms with Crippen LogP contribution in [0.2, 0.25) is 5.02 Å². The average molecular weight is 397 g/mol. The van der Waals surface area contributed by atoms with Crippen LogP contribution in [0.3, 0.4) is 0 Å². The molecule has 1 aliphatic rings. The average Bonchev–Trinajstić information content (AvgIpc) is 2.69. The van der Waals surface area contributed by atoms with Crippen molar-refractivity contribution < 1.29 is 14.5 Å². The van der Waals surface area contributed by atoms with Gasteiger partial charge in [0, 0.05) is 28.6 Å². The van der Waals surface area contributed by atoms with Gasteiger partial charge in [-0.25, -0.2) is 0 Å². The van der Waals surface area contributed by atoms with E-state index in [4.69, 9.17) is 11.6 Å². The highest BCUT2D eigenvalue weighted by atomic mass is 35.5. The van der Waals surface area contributed by atoms with Gasteiger partial charge < -0.3 is 0 Å². The first-order valence-electron chi connectivity index (χ1n) is 8.20. The van der Waals surface area contributed by atoms with Gasteiger partial charge in [-0.05, 0) is 36.4 Å². The second-order valence-electron chi connectivity index (χ2n) is 6.14. The monoisotopic (exact) mass is 396 g/mol. The van der Waals surface area contributed by atoms with Gasteiger partial charge in [-0.1, -0.05) is 18.5 Å². The number of nitro groups is 1. The van der Waals surface area contributed by atoms with Crippen molar-refractivity contribution in [3.8, 4) is 6.07 Å². The number of hydrazone groups is 1. The molecule has 9 heteroatoms. The standard InChI is InChI=1S/C19H13ClN4O4/c1-11-16(10-21)19(26)23(14-8-4-13(20)5-9-14)22-17(11)18(25)12-2-6-15(7-3-12)24(27)28/h2-9,11,16H,1H3. The van der Waals surface area contributed by atoms with E-state index >= 15 is 0 Å². The Hall–Kier alpha value is -3.57. The van der Waals surface area contributed by atoms with E-state index < -0.39 is 28.4 Å². The molecule has 140 valence electrons. The summed E-state index contributed by atoms with van der Waals surface area (Å²) in [5, 5.41) is 25.9. The quantitative estimate of drug-likeness (QED) is 0.444. The number of rotatable bonds is 4. The zero-order valence-electron chi connectivity index (χ0n) is 14.6. The Morgan fingerprint density at radius 2 is 1.82 bits per heavy atom. The number of ketones is 1. The predicted octanol–water partition coefficient (Wildman–Crippen LogP) is 3.61. The number of nitriles is 1. The molecule has 1 aliphatic heterocycles. The summed E-state index contributed by atoms with van der Waals surface area (Å²) in [4.78, 5) is 35.8. The van der Waals surface area contributed by atoms with Gasteiger partial charge >= 0.3 is 0 Å². The third-order valence-corrected chi connectivity index (χ3v) is 4.65. The minimum absolute atomic E-state index is 0.0231. The largest absolute Gasteiger partial charge is 0.287 e. The summed E-state index contributed by atoms with van der Waals surface area (Å²) < 4.78 is 0. The fourth-order valence-electron chi connectivity index (χ4n) is 2.82. The van der Waals surface area contributed by atoms with Crippen LogP contribution < -0.4 is 5.01 Å². The van der Waals surface area contributed by atoms with E-state index in [1.54, 1.807) is 31.2 Å². The summed E-state index contributed by atoms with van der Waals surface area (Å²) in [6, 6.07) is 13.2. The fourth-order valence-corrected chi connectivity index (χ4v) is 2.95. The number of nitrogens with zero attached hydrogens (tertiary/aromatic N) is 4. The first-order valence-corrected chi connectivity index (χ1v) is 8.58. The molecular formula is C19H13ClN4O4. The van der Waals surface area contributed by atoms with E-state index in [-0.39, 0.29) is 17.0 Å². The topological polar surface area (TPSA) is 117 Å². The van der Waals surface area contributed by atoms with Gasteiger partial charge in [0.25, 0.3) is 11.6 Å². The smallest absolute Gasteiger partial charge is 0.269 e. The Balaban J connectivity index is 2.03. The molecule has 0 aromatic heterocycles. The number of carbonyl (C=O) groups excluding carboxylic acids is 2. The number of hydrogen-bond acceptors (Lipinski definition) is 6. The Morgan fingerprint density at radius 1 is 1.21 bits per heavy atom. The van der Waals surface area contributed by atoms with E-state index in [1.807, 2.05) is 6.07 Å². The van der Waals surface area contributed by atoms with Gasteiger partial charge in [-0.3, -0.25) is 19.7 Å². The summed E-state index contributed by atoms with van der Waals surface area (Å²) in [6.45, 7) is 1.58. The molecule has 28 heavy (non-hydrogen) atoms. The molecule has 8 nitrogen and oxygen atoms in total. The number of amides is 1. The highest BCUT2D eigenvalue weighted by Crippen LogP contribution is 2.29. The lowest BCUT2D eigenvalue weighted by atomic mass is 9.85. The lowest BCUT2D eigenvalue weighted by Gasteiger charge is -2.30. The van der Waals surface area contributed by atoms with Crippen LogP contribution >= 0.6 is 11.6 Å². The van der Waals surface area contributed by atoms with Gasteiger partial charge in [0.2, 0.25) is 5.78 Å². The number of hydrogen-bond donors (Lipinski definition) is 0. The minimum Gasteiger partial charge on any atom is -0.287 e. The summed E-state index contributed by atoms with van der Waals surface area (Å²) >= 11 is 5.87. The van der Waals surface area contributed by atoms with E-state index in [0.29, 0.717) is 10.7 Å². The molecule has 0 spiro atoms. The summed E-state index contributed by atoms with van der Waals surface area (Å²) in [7, 11) is 0. The molecule has 0 N–H and O–H groups in total. The molecule has 2 aromatic carbocycles. The fraction of sp³-hybridized carbons (Fsp3) is 0.158. The summed E-state index contributed by atoms with van der Waals surface area (Å²) in [5.74, 6) is -2.87. The maximum absolute atomic E-state index is 12.9. The predicted molar refractivity (Wildman–Crippen MR) is 102 cm³/mol. The molecule has 0 aliphatic carbocycles. The zero-order valence-corrected chi connectivity index (χ0v) is 15.3. The zero-order chi connectivity index (χ0) is 20.4. The van der Waals surface area contributed by atoms with Crippen molar-refractivity contribution in [3.05, 3.63) is 69.2 Å². The van der Waals surface area contributed by atoms with Gasteiger partial charge in [0.15, 0.2) is 0 Å². The van der Waals surface area contributed by atoms with Crippen LogP contribution in [0.25, 0.3) is 0 Å². The molecule has 0 saturated heterocycles. The third kappa shape index (κ3) is 3.48. The van der Waals surface area contributed by atoms with Crippen molar-refractivity contribution in [2.45, 2.75) is 6.92 Å². The van der Waals surface area contributed by atoms with E-state index in [0.717, 1.165) is 5.01 Å². The normalized spacial score (nSPS) is 19.0. The third-order valence-electron chi connectivity index (χ3n) is 4.40. The number of non-ortho nitro benzene ring substituents is 1. The molecule has 0 radical (unpaired) electrons. The second kappa shape index (κ2) is 7.58. The van der Waals surface area contributed by atoms with Gasteiger partial charge in [-0.2, -0.15) is 15.4 Å². The van der Waals surface area contributed by atoms with E-state index in [2.05, 4.69) is 5.10 Å². The highest BCUT2D eigenvalue weighted by Gasteiger charge is 2.40. The molecule has 3 rings (SSSR count). The lowest BCUT2D eigenvalue weighted by molar-refractivity contribution is -0.384. The SMILES string of the molecule is CC1C(C(=O)c2ccc([N+](=O)[O-])cc2)=NN(c2ccc(Cl)cc2)C(=O)C1C#N. The van der Waals surface area contributed by atoms with Crippen LogP contribution in [0.15, 0.2) is 53.6 Å². The highest BCUT2D eigenvalue weighted by molar-refractivity contribution is 6.47. The molecule has 0 bridgehead atoms. The first kappa shape index (κ1) is 19.2. The van der Waals surface area contributed by atoms with E-state index in [9.17, 15) is 25.0 Å². The minimum atomic E-state index is -1.09. The van der Waals surface area contributed by atoms with Crippen molar-refractivity contribution in [2.24, 2.45) is 16.9 Å². The first-order chi connectivity index (χ1) is 13.3. The van der Waals surface area contributed by atoms with Crippen molar-refractivity contribution in [1.29, 1.82) is 5.26 Å². The molecule has 0 fully saturated rings. The number of Topliss-reactive ketones (excluding diaryl/α,β-unsaturated/α-hetero) is 1. The van der Waals surface area contributed by atoms with E-state index in [1.165, 1.54) is 24.3 Å². The van der Waals surface area contributed by atoms with Crippen LogP contribution in [0.4, 0.5) is 11.4 Å². The van der Waals surface area contributed by atoms with Gasteiger partial charge in [0.05, 0.1) is 16.7 Å². The number of anilines is 1. The van der Waals surface area contributed by atoms with Crippen molar-refractivity contribution >= 4 is 40.4 Å². The molecule has 1 amide bonds. The molecule has 1 heterocycles. The van der Waals surface area contributed by atoms with Crippen LogP contribution in [0, 0.1) is 33.3 Å². The molecule has 2 unspecified atom stereocenters. The van der Waals surface area contributed by atoms with Crippen molar-refractivity contribution in [1.82, 2.24) is 0 Å². The molecule has 0 saturated carbocycles. The molecule has 2 atom stereocenters. The van der Waals surface area contributed by atoms with Crippen molar-refractivity contribution in [3.63, 3.8) is 0 Å². The van der Waals surface area contributed by atoms with Crippen LogP contribution in [0.1, 0.15) is 17.3 Å². The Bertz CT molecular complexity index is 1030. The van der Waals surface area contributed by atoms with Crippen LogP contribution in [-0.2, 0) is 4.79 Å². The summed E-state index contributed by atoms with van der Waals surface area (Å²) in [5.41, 5.74) is 0.423. The number of carbonyl (C=O) groups is 2. The lowest BCUT2D eigenvalue weighted by Crippen LogP contribution is -2.45. The molecular weight excluding hydrogens is 384 g/mol. The Morgan fingerprint density at radius 3 is 2.36 bits per heavy atom. The Labute approximate surface area is 164 Å². The number of halogens is 1. The maximum atomic E-state index is 12.9. The maximum Gasteiger partial charge on any atom is 0.269 e. The van der Waals surface area contributed by atoms with Gasteiger partial charge in [0.1, 0.15) is 11.6 Å². The van der Waals surface area contributed by atoms with Crippen molar-refractivity contribution in [2.75, 3.05) is 5.01 Å². The molecule has 2 aromatic rings. The second-order valence-corrected chi connectivity index (χ2v) is 6.58. The summed E-state index contributed by atoms with van der Waals surface area (Å²) in [6.07, 6.45) is 0. The number of nitro benzene ring substituents is 1. The van der Waals surface area contributed by atoms with Crippen LogP contribution in [0.5, 0.6) is 0 Å². The Kier molecular flexibility index (Phi) is 5.20. The number of benzene rings is 2.